The maximum Gasteiger partial charge on any atom is 0.161 e. The van der Waals surface area contributed by atoms with Crippen LogP contribution >= 0.6 is 0 Å². The highest BCUT2D eigenvalue weighted by Crippen LogP contribution is 2.27. The Morgan fingerprint density at radius 3 is 2.31 bits per heavy atom. The quantitative estimate of drug-likeness (QED) is 0.703. The first-order chi connectivity index (χ1) is 12.6. The summed E-state index contributed by atoms with van der Waals surface area (Å²) in [5, 5.41) is 3.32. The van der Waals surface area contributed by atoms with Crippen molar-refractivity contribution in [2.24, 2.45) is 0 Å². The van der Waals surface area contributed by atoms with Crippen LogP contribution < -0.4 is 14.8 Å². The Balaban J connectivity index is 1.64. The van der Waals surface area contributed by atoms with Crippen molar-refractivity contribution in [2.75, 3.05) is 14.2 Å². The van der Waals surface area contributed by atoms with E-state index in [1.807, 2.05) is 31.2 Å². The molecule has 3 rings (SSSR count). The minimum Gasteiger partial charge on any atom is -0.493 e. The van der Waals surface area contributed by atoms with E-state index in [0.29, 0.717) is 30.3 Å². The Labute approximate surface area is 152 Å². The molecule has 0 unspecified atom stereocenters. The van der Waals surface area contributed by atoms with Gasteiger partial charge in [0.25, 0.3) is 0 Å². The smallest absolute Gasteiger partial charge is 0.161 e. The molecule has 0 saturated carbocycles. The number of methoxy groups -OCH3 is 2. The van der Waals surface area contributed by atoms with Crippen LogP contribution in [0.3, 0.4) is 0 Å². The molecule has 0 fully saturated rings. The molecule has 136 valence electrons. The zero-order valence-corrected chi connectivity index (χ0v) is 15.1. The van der Waals surface area contributed by atoms with Crippen molar-refractivity contribution in [3.05, 3.63) is 71.6 Å². The maximum atomic E-state index is 14.4. The van der Waals surface area contributed by atoms with Crippen LogP contribution in [-0.2, 0) is 13.1 Å². The molecule has 26 heavy (non-hydrogen) atoms. The Morgan fingerprint density at radius 1 is 1.00 bits per heavy atom. The largest absolute Gasteiger partial charge is 0.493 e. The first-order valence-corrected chi connectivity index (χ1v) is 8.32. The Morgan fingerprint density at radius 2 is 1.69 bits per heavy atom. The lowest BCUT2D eigenvalue weighted by Gasteiger charge is -2.11. The molecule has 0 saturated heterocycles. The van der Waals surface area contributed by atoms with Crippen LogP contribution in [0.1, 0.15) is 17.0 Å². The normalized spacial score (nSPS) is 10.8. The average molecular weight is 355 g/mol. The van der Waals surface area contributed by atoms with Gasteiger partial charge in [-0.3, -0.25) is 0 Å². The van der Waals surface area contributed by atoms with Gasteiger partial charge in [-0.15, -0.1) is 0 Å². The van der Waals surface area contributed by atoms with Crippen molar-refractivity contribution >= 4 is 0 Å². The van der Waals surface area contributed by atoms with Gasteiger partial charge < -0.3 is 19.4 Å². The number of hydrogen-bond donors (Lipinski definition) is 1. The number of hydrogen-bond acceptors (Lipinski definition) is 4. The topological polar surface area (TPSA) is 48.3 Å². The van der Waals surface area contributed by atoms with Gasteiger partial charge in [-0.05, 0) is 42.3 Å². The zero-order chi connectivity index (χ0) is 18.5. The molecular formula is C20H22FN3O2. The van der Waals surface area contributed by atoms with Crippen molar-refractivity contribution in [3.63, 3.8) is 0 Å². The van der Waals surface area contributed by atoms with E-state index >= 15 is 0 Å². The molecular weight excluding hydrogens is 333 g/mol. The second-order valence-electron chi connectivity index (χ2n) is 5.92. The predicted octanol–water partition coefficient (Wildman–Crippen LogP) is 3.63. The predicted molar refractivity (Wildman–Crippen MR) is 98.3 cm³/mol. The highest BCUT2D eigenvalue weighted by molar-refractivity contribution is 5.43. The van der Waals surface area contributed by atoms with Gasteiger partial charge in [-0.2, -0.15) is 0 Å². The molecule has 2 aromatic carbocycles. The maximum absolute atomic E-state index is 14.4. The molecule has 6 heteroatoms. The average Bonchev–Trinajstić information content (AvgIpc) is 3.07. The molecule has 1 heterocycles. The van der Waals surface area contributed by atoms with Gasteiger partial charge in [0.2, 0.25) is 0 Å². The van der Waals surface area contributed by atoms with Gasteiger partial charge in [0.1, 0.15) is 11.6 Å². The second-order valence-corrected chi connectivity index (χ2v) is 5.92. The number of aromatic nitrogens is 2. The van der Waals surface area contributed by atoms with E-state index in [1.54, 1.807) is 43.3 Å². The van der Waals surface area contributed by atoms with Crippen molar-refractivity contribution in [1.82, 2.24) is 14.9 Å². The molecule has 0 spiro atoms. The fourth-order valence-electron chi connectivity index (χ4n) is 2.83. The molecule has 0 atom stereocenters. The molecule has 0 aliphatic carbocycles. The first-order valence-electron chi connectivity index (χ1n) is 8.32. The number of imidazole rings is 1. The fourth-order valence-corrected chi connectivity index (χ4v) is 2.83. The molecule has 3 aromatic rings. The van der Waals surface area contributed by atoms with Crippen LogP contribution in [0.25, 0.3) is 5.69 Å². The lowest BCUT2D eigenvalue weighted by molar-refractivity contribution is 0.354. The Kier molecular flexibility index (Phi) is 5.53. The summed E-state index contributed by atoms with van der Waals surface area (Å²) in [5.41, 5.74) is 2.45. The van der Waals surface area contributed by atoms with Crippen LogP contribution in [0.15, 0.2) is 48.8 Å². The van der Waals surface area contributed by atoms with Crippen LogP contribution in [0.2, 0.25) is 0 Å². The summed E-state index contributed by atoms with van der Waals surface area (Å²) >= 11 is 0. The van der Waals surface area contributed by atoms with E-state index in [-0.39, 0.29) is 5.82 Å². The molecule has 1 aromatic heterocycles. The second kappa shape index (κ2) is 8.01. The van der Waals surface area contributed by atoms with Gasteiger partial charge in [0.05, 0.1) is 19.9 Å². The molecule has 0 bridgehead atoms. The van der Waals surface area contributed by atoms with Crippen LogP contribution in [0, 0.1) is 12.7 Å². The van der Waals surface area contributed by atoms with Crippen LogP contribution in [0.5, 0.6) is 11.5 Å². The monoisotopic (exact) mass is 355 g/mol. The van der Waals surface area contributed by atoms with E-state index in [4.69, 9.17) is 9.47 Å². The summed E-state index contributed by atoms with van der Waals surface area (Å²) in [5.74, 6) is 1.88. The number of halogens is 1. The first kappa shape index (κ1) is 17.9. The standard InChI is InChI=1S/C20H22FN3O2/c1-14-23-8-9-24(14)18-6-4-15(10-17(18)21)12-22-13-16-5-7-19(25-2)20(11-16)26-3/h4-11,22H,12-13H2,1-3H3. The van der Waals surface area contributed by atoms with Gasteiger partial charge in [-0.25, -0.2) is 9.37 Å². The third-order valence-electron chi connectivity index (χ3n) is 4.20. The number of rotatable bonds is 7. The van der Waals surface area contributed by atoms with Gasteiger partial charge >= 0.3 is 0 Å². The SMILES string of the molecule is COc1ccc(CNCc2ccc(-n3ccnc3C)c(F)c2)cc1OC. The van der Waals surface area contributed by atoms with E-state index in [1.165, 1.54) is 0 Å². The summed E-state index contributed by atoms with van der Waals surface area (Å²) in [4.78, 5) is 4.13. The van der Waals surface area contributed by atoms with Crippen molar-refractivity contribution in [1.29, 1.82) is 0 Å². The molecule has 5 nitrogen and oxygen atoms in total. The van der Waals surface area contributed by atoms with E-state index in [2.05, 4.69) is 10.3 Å². The number of ether oxygens (including phenoxy) is 2. The highest BCUT2D eigenvalue weighted by Gasteiger charge is 2.08. The van der Waals surface area contributed by atoms with Crippen LogP contribution in [-0.4, -0.2) is 23.8 Å². The van der Waals surface area contributed by atoms with Crippen LogP contribution in [0.4, 0.5) is 4.39 Å². The summed E-state index contributed by atoms with van der Waals surface area (Å²) in [7, 11) is 3.22. The number of nitrogens with one attached hydrogen (secondary N) is 1. The summed E-state index contributed by atoms with van der Waals surface area (Å²) in [6.45, 7) is 3.05. The highest BCUT2D eigenvalue weighted by atomic mass is 19.1. The van der Waals surface area contributed by atoms with Crippen molar-refractivity contribution in [2.45, 2.75) is 20.0 Å². The Hall–Kier alpha value is -2.86. The van der Waals surface area contributed by atoms with Gasteiger partial charge in [-0.1, -0.05) is 12.1 Å². The lowest BCUT2D eigenvalue weighted by Crippen LogP contribution is -2.13. The lowest BCUT2D eigenvalue weighted by atomic mass is 10.1. The molecule has 0 aliphatic rings. The summed E-state index contributed by atoms with van der Waals surface area (Å²) in [6.07, 6.45) is 3.41. The van der Waals surface area contributed by atoms with Crippen molar-refractivity contribution < 1.29 is 13.9 Å². The molecule has 0 aliphatic heterocycles. The third kappa shape index (κ3) is 3.86. The molecule has 1 N–H and O–H groups in total. The van der Waals surface area contributed by atoms with E-state index < -0.39 is 0 Å². The minimum atomic E-state index is -0.267. The number of aryl methyl sites for hydroxylation is 1. The van der Waals surface area contributed by atoms with E-state index in [9.17, 15) is 4.39 Å². The molecule has 0 radical (unpaired) electrons. The van der Waals surface area contributed by atoms with Gasteiger partial charge in [0, 0.05) is 25.5 Å². The molecule has 0 amide bonds. The van der Waals surface area contributed by atoms with E-state index in [0.717, 1.165) is 17.0 Å². The number of benzene rings is 2. The Bertz CT molecular complexity index is 893. The minimum absolute atomic E-state index is 0.267. The number of nitrogens with zero attached hydrogens (tertiary/aromatic N) is 2. The summed E-state index contributed by atoms with van der Waals surface area (Å²) in [6, 6.07) is 11.0. The third-order valence-corrected chi connectivity index (χ3v) is 4.20. The van der Waals surface area contributed by atoms with Crippen molar-refractivity contribution in [3.8, 4) is 17.2 Å². The van der Waals surface area contributed by atoms with Gasteiger partial charge in [0.15, 0.2) is 11.5 Å². The fraction of sp³-hybridized carbons (Fsp3) is 0.250. The summed E-state index contributed by atoms with van der Waals surface area (Å²) < 4.78 is 26.7. The zero-order valence-electron chi connectivity index (χ0n) is 15.1.